The van der Waals surface area contributed by atoms with Gasteiger partial charge in [0.25, 0.3) is 0 Å². The summed E-state index contributed by atoms with van der Waals surface area (Å²) in [5.41, 5.74) is -0.0756. The number of rotatable bonds is 2. The second-order valence-electron chi connectivity index (χ2n) is 5.86. The van der Waals surface area contributed by atoms with Gasteiger partial charge in [-0.25, -0.2) is 0 Å². The van der Waals surface area contributed by atoms with E-state index in [0.29, 0.717) is 12.6 Å². The van der Waals surface area contributed by atoms with Crippen LogP contribution in [0.5, 0.6) is 0 Å². The first-order valence-electron chi connectivity index (χ1n) is 6.12. The second-order valence-corrected chi connectivity index (χ2v) is 5.86. The summed E-state index contributed by atoms with van der Waals surface area (Å²) in [5.74, 6) is 0.0743. The Hall–Kier alpha value is -0.900. The predicted molar refractivity (Wildman–Crippen MR) is 58.5 cm³/mol. The highest BCUT2D eigenvalue weighted by Crippen LogP contribution is 2.63. The molecule has 1 aliphatic carbocycles. The van der Waals surface area contributed by atoms with E-state index in [4.69, 9.17) is 0 Å². The van der Waals surface area contributed by atoms with Crippen LogP contribution in [0.15, 0.2) is 0 Å². The van der Waals surface area contributed by atoms with E-state index >= 15 is 0 Å². The van der Waals surface area contributed by atoms with Crippen molar-refractivity contribution >= 4 is 11.8 Å². The van der Waals surface area contributed by atoms with Gasteiger partial charge in [0.15, 0.2) is 0 Å². The molecule has 3 atom stereocenters. The summed E-state index contributed by atoms with van der Waals surface area (Å²) in [6.45, 7) is 5.63. The lowest BCUT2D eigenvalue weighted by molar-refractivity contribution is -0.143. The fourth-order valence-corrected chi connectivity index (χ4v) is 3.32. The molecule has 88 valence electrons. The van der Waals surface area contributed by atoms with E-state index in [9.17, 15) is 9.59 Å². The molecule has 1 N–H and O–H groups in total. The third-order valence-corrected chi connectivity index (χ3v) is 4.46. The van der Waals surface area contributed by atoms with Gasteiger partial charge in [0, 0.05) is 12.6 Å². The molecule has 2 saturated heterocycles. The number of piperidine rings is 1. The van der Waals surface area contributed by atoms with Crippen molar-refractivity contribution in [2.75, 3.05) is 13.1 Å². The van der Waals surface area contributed by atoms with E-state index in [1.807, 2.05) is 13.8 Å². The highest BCUT2D eigenvalue weighted by molar-refractivity contribution is 6.10. The minimum Gasteiger partial charge on any atom is -0.312 e. The average molecular weight is 222 g/mol. The summed E-state index contributed by atoms with van der Waals surface area (Å²) in [6, 6.07) is 0.327. The molecule has 0 aromatic heterocycles. The van der Waals surface area contributed by atoms with Gasteiger partial charge >= 0.3 is 0 Å². The Morgan fingerprint density at radius 2 is 1.94 bits per heavy atom. The van der Waals surface area contributed by atoms with E-state index < -0.39 is 0 Å². The number of imide groups is 1. The fourth-order valence-electron chi connectivity index (χ4n) is 3.32. The Kier molecular flexibility index (Phi) is 1.97. The lowest BCUT2D eigenvalue weighted by Crippen LogP contribution is -2.43. The van der Waals surface area contributed by atoms with Gasteiger partial charge in [-0.05, 0) is 24.8 Å². The molecule has 2 unspecified atom stereocenters. The molecule has 4 heteroatoms. The van der Waals surface area contributed by atoms with Gasteiger partial charge < -0.3 is 5.32 Å². The first-order valence-corrected chi connectivity index (χ1v) is 6.12. The smallest absolute Gasteiger partial charge is 0.233 e. The van der Waals surface area contributed by atoms with Crippen molar-refractivity contribution in [3.05, 3.63) is 0 Å². The predicted octanol–water partition coefficient (Wildman–Crippen LogP) is 0.379. The van der Waals surface area contributed by atoms with E-state index in [0.717, 1.165) is 19.4 Å². The molecular weight excluding hydrogens is 204 g/mol. The van der Waals surface area contributed by atoms with Crippen LogP contribution < -0.4 is 5.32 Å². The number of hydrogen-bond donors (Lipinski definition) is 1. The molecule has 16 heavy (non-hydrogen) atoms. The number of nitrogens with one attached hydrogen (secondary N) is 1. The SMILES string of the molecule is CC1(C)C2C(=O)N(C[C@H]3CCCN3)C(=O)C21. The first kappa shape index (κ1) is 10.3. The van der Waals surface area contributed by atoms with Gasteiger partial charge in [-0.3, -0.25) is 14.5 Å². The molecule has 4 nitrogen and oxygen atoms in total. The number of nitrogens with zero attached hydrogens (tertiary/aromatic N) is 1. The maximum absolute atomic E-state index is 12.0. The van der Waals surface area contributed by atoms with Crippen molar-refractivity contribution in [3.8, 4) is 0 Å². The number of carbonyl (C=O) groups is 2. The zero-order valence-corrected chi connectivity index (χ0v) is 9.82. The number of fused-ring (bicyclic) bond motifs is 1. The minimum atomic E-state index is -0.0756. The average Bonchev–Trinajstić information content (AvgIpc) is 2.59. The van der Waals surface area contributed by atoms with Crippen LogP contribution in [0.1, 0.15) is 26.7 Å². The molecule has 0 spiro atoms. The molecular formula is C12H18N2O2. The van der Waals surface area contributed by atoms with Crippen LogP contribution in [0.3, 0.4) is 0 Å². The summed E-state index contributed by atoms with van der Waals surface area (Å²) >= 11 is 0. The highest BCUT2D eigenvalue weighted by Gasteiger charge is 2.72. The Labute approximate surface area is 95.4 Å². The van der Waals surface area contributed by atoms with Crippen LogP contribution in [0.2, 0.25) is 0 Å². The Balaban J connectivity index is 1.70. The first-order chi connectivity index (χ1) is 7.53. The molecule has 0 aromatic rings. The number of likely N-dealkylation sites (tertiary alicyclic amines) is 1. The standard InChI is InChI=1S/C12H18N2O2/c1-12(2)8-9(12)11(16)14(10(8)15)6-7-4-3-5-13-7/h7-9,13H,3-6H2,1-2H3/t7-,8?,9?/m1/s1. The fraction of sp³-hybridized carbons (Fsp3) is 0.833. The Morgan fingerprint density at radius 3 is 2.44 bits per heavy atom. The van der Waals surface area contributed by atoms with E-state index in [1.165, 1.54) is 4.90 Å². The zero-order chi connectivity index (χ0) is 11.5. The largest absolute Gasteiger partial charge is 0.312 e. The topological polar surface area (TPSA) is 49.4 Å². The van der Waals surface area contributed by atoms with Gasteiger partial charge in [0.2, 0.25) is 11.8 Å². The molecule has 2 heterocycles. The molecule has 3 rings (SSSR count). The van der Waals surface area contributed by atoms with Crippen molar-refractivity contribution in [2.45, 2.75) is 32.7 Å². The van der Waals surface area contributed by atoms with E-state index in [2.05, 4.69) is 5.32 Å². The van der Waals surface area contributed by atoms with Gasteiger partial charge in [-0.15, -0.1) is 0 Å². The third kappa shape index (κ3) is 1.19. The van der Waals surface area contributed by atoms with Crippen molar-refractivity contribution in [2.24, 2.45) is 17.3 Å². The lowest BCUT2D eigenvalue weighted by Gasteiger charge is -2.23. The molecule has 3 fully saturated rings. The normalized spacial score (nSPS) is 40.4. The number of amides is 2. The molecule has 0 radical (unpaired) electrons. The summed E-state index contributed by atoms with van der Waals surface area (Å²) in [6.07, 6.45) is 2.23. The minimum absolute atomic E-state index is 0.0265. The van der Waals surface area contributed by atoms with Crippen LogP contribution in [-0.4, -0.2) is 35.8 Å². The number of hydrogen-bond acceptors (Lipinski definition) is 3. The zero-order valence-electron chi connectivity index (χ0n) is 9.82. The van der Waals surface area contributed by atoms with Crippen LogP contribution in [0.4, 0.5) is 0 Å². The molecule has 3 aliphatic rings. The van der Waals surface area contributed by atoms with Crippen LogP contribution >= 0.6 is 0 Å². The molecule has 1 saturated carbocycles. The summed E-state index contributed by atoms with van der Waals surface area (Å²) in [5, 5.41) is 3.33. The van der Waals surface area contributed by atoms with Crippen LogP contribution in [-0.2, 0) is 9.59 Å². The van der Waals surface area contributed by atoms with Gasteiger partial charge in [0.05, 0.1) is 11.8 Å². The van der Waals surface area contributed by atoms with Gasteiger partial charge in [-0.1, -0.05) is 13.8 Å². The van der Waals surface area contributed by atoms with E-state index in [-0.39, 0.29) is 29.1 Å². The lowest BCUT2D eigenvalue weighted by atomic mass is 10.1. The summed E-state index contributed by atoms with van der Waals surface area (Å²) in [7, 11) is 0. The molecule has 2 amide bonds. The quantitative estimate of drug-likeness (QED) is 0.687. The third-order valence-electron chi connectivity index (χ3n) is 4.46. The number of carbonyl (C=O) groups excluding carboxylic acids is 2. The van der Waals surface area contributed by atoms with Crippen LogP contribution in [0.25, 0.3) is 0 Å². The Bertz CT molecular complexity index is 334. The maximum Gasteiger partial charge on any atom is 0.233 e. The van der Waals surface area contributed by atoms with Crippen molar-refractivity contribution in [1.82, 2.24) is 10.2 Å². The van der Waals surface area contributed by atoms with Crippen LogP contribution in [0, 0.1) is 17.3 Å². The molecule has 2 aliphatic heterocycles. The summed E-state index contributed by atoms with van der Waals surface area (Å²) < 4.78 is 0. The van der Waals surface area contributed by atoms with E-state index in [1.54, 1.807) is 0 Å². The summed E-state index contributed by atoms with van der Waals surface area (Å²) in [4.78, 5) is 25.6. The monoisotopic (exact) mass is 222 g/mol. The maximum atomic E-state index is 12.0. The highest BCUT2D eigenvalue weighted by atomic mass is 16.2. The Morgan fingerprint density at radius 1 is 1.31 bits per heavy atom. The van der Waals surface area contributed by atoms with Gasteiger partial charge in [-0.2, -0.15) is 0 Å². The van der Waals surface area contributed by atoms with Crippen molar-refractivity contribution in [3.63, 3.8) is 0 Å². The van der Waals surface area contributed by atoms with Crippen molar-refractivity contribution < 1.29 is 9.59 Å². The molecule has 0 aromatic carbocycles. The second kappa shape index (κ2) is 3.06. The van der Waals surface area contributed by atoms with Gasteiger partial charge in [0.1, 0.15) is 0 Å². The molecule has 0 bridgehead atoms. The van der Waals surface area contributed by atoms with Crippen molar-refractivity contribution in [1.29, 1.82) is 0 Å².